The molecule has 1 unspecified atom stereocenters. The molecule has 20 heavy (non-hydrogen) atoms. The van der Waals surface area contributed by atoms with Crippen LogP contribution < -0.4 is 0 Å². The van der Waals surface area contributed by atoms with Gasteiger partial charge in [0.05, 0.1) is 19.3 Å². The average Bonchev–Trinajstić information content (AvgIpc) is 2.47. The van der Waals surface area contributed by atoms with Gasteiger partial charge in [0.25, 0.3) is 5.91 Å². The van der Waals surface area contributed by atoms with Crippen LogP contribution in [0.25, 0.3) is 10.8 Å². The van der Waals surface area contributed by atoms with Crippen molar-refractivity contribution >= 4 is 28.3 Å². The number of amides is 1. The lowest BCUT2D eigenvalue weighted by atomic mass is 10.1. The highest BCUT2D eigenvalue weighted by Crippen LogP contribution is 2.23. The number of benzene rings is 1. The van der Waals surface area contributed by atoms with E-state index in [4.69, 9.17) is 16.3 Å². The summed E-state index contributed by atoms with van der Waals surface area (Å²) in [7, 11) is 0. The predicted molar refractivity (Wildman–Crippen MR) is 78.1 cm³/mol. The maximum Gasteiger partial charge on any atom is 0.272 e. The van der Waals surface area contributed by atoms with E-state index in [0.29, 0.717) is 30.6 Å². The van der Waals surface area contributed by atoms with E-state index in [1.165, 1.54) is 0 Å². The smallest absolute Gasteiger partial charge is 0.272 e. The lowest BCUT2D eigenvalue weighted by Gasteiger charge is -2.33. The Balaban J connectivity index is 1.99. The highest BCUT2D eigenvalue weighted by Gasteiger charge is 2.26. The van der Waals surface area contributed by atoms with Gasteiger partial charge in [-0.1, -0.05) is 35.9 Å². The van der Waals surface area contributed by atoms with Crippen LogP contribution in [-0.2, 0) is 4.74 Å². The largest absolute Gasteiger partial charge is 0.377 e. The van der Waals surface area contributed by atoms with Crippen LogP contribution in [0.1, 0.15) is 17.4 Å². The van der Waals surface area contributed by atoms with E-state index in [0.717, 1.165) is 10.8 Å². The molecule has 1 saturated heterocycles. The maximum absolute atomic E-state index is 12.6. The Morgan fingerprint density at radius 1 is 1.45 bits per heavy atom. The van der Waals surface area contributed by atoms with Crippen molar-refractivity contribution in [2.45, 2.75) is 13.0 Å². The standard InChI is InChI=1S/C15H15ClN2O2/c1-10-9-20-7-6-18(10)15(19)13-8-11-4-2-3-5-12(11)14(16)17-13/h2-5,8,10H,6-7,9H2,1H3. The van der Waals surface area contributed by atoms with Gasteiger partial charge in [-0.05, 0) is 18.4 Å². The van der Waals surface area contributed by atoms with Crippen molar-refractivity contribution in [3.63, 3.8) is 0 Å². The number of carbonyl (C=O) groups is 1. The summed E-state index contributed by atoms with van der Waals surface area (Å²) in [4.78, 5) is 18.6. The molecule has 2 aromatic rings. The zero-order valence-corrected chi connectivity index (χ0v) is 11.9. The third-order valence-electron chi connectivity index (χ3n) is 3.54. The molecule has 5 heteroatoms. The number of halogens is 1. The SMILES string of the molecule is CC1COCCN1C(=O)c1cc2ccccc2c(Cl)n1. The minimum absolute atomic E-state index is 0.0586. The first kappa shape index (κ1) is 13.3. The lowest BCUT2D eigenvalue weighted by Crippen LogP contribution is -2.47. The molecule has 0 radical (unpaired) electrons. The zero-order chi connectivity index (χ0) is 14.1. The number of ether oxygens (including phenoxy) is 1. The molecule has 0 saturated carbocycles. The topological polar surface area (TPSA) is 42.4 Å². The molecule has 2 heterocycles. The predicted octanol–water partition coefficient (Wildman–Crippen LogP) is 2.75. The Hall–Kier alpha value is -1.65. The molecular weight excluding hydrogens is 276 g/mol. The number of fused-ring (bicyclic) bond motifs is 1. The molecule has 0 aliphatic carbocycles. The van der Waals surface area contributed by atoms with Gasteiger partial charge in [0, 0.05) is 11.9 Å². The second-order valence-corrected chi connectivity index (χ2v) is 5.30. The highest BCUT2D eigenvalue weighted by molar-refractivity contribution is 6.34. The number of rotatable bonds is 1. The molecule has 1 fully saturated rings. The lowest BCUT2D eigenvalue weighted by molar-refractivity contribution is 0.00328. The fourth-order valence-electron chi connectivity index (χ4n) is 2.44. The molecule has 1 aromatic carbocycles. The third-order valence-corrected chi connectivity index (χ3v) is 3.83. The number of hydrogen-bond acceptors (Lipinski definition) is 3. The van der Waals surface area contributed by atoms with Crippen LogP contribution in [0.4, 0.5) is 0 Å². The summed E-state index contributed by atoms with van der Waals surface area (Å²) in [6.07, 6.45) is 0. The average molecular weight is 291 g/mol. The highest BCUT2D eigenvalue weighted by atomic mass is 35.5. The van der Waals surface area contributed by atoms with Gasteiger partial charge in [0.15, 0.2) is 0 Å². The van der Waals surface area contributed by atoms with Gasteiger partial charge in [-0.25, -0.2) is 4.98 Å². The van der Waals surface area contributed by atoms with Crippen LogP contribution in [0.5, 0.6) is 0 Å². The van der Waals surface area contributed by atoms with E-state index in [1.54, 1.807) is 11.0 Å². The van der Waals surface area contributed by atoms with Crippen molar-refractivity contribution in [3.8, 4) is 0 Å². The van der Waals surface area contributed by atoms with Crippen LogP contribution >= 0.6 is 11.6 Å². The number of hydrogen-bond donors (Lipinski definition) is 0. The van der Waals surface area contributed by atoms with Crippen molar-refractivity contribution in [1.82, 2.24) is 9.88 Å². The first-order valence-electron chi connectivity index (χ1n) is 6.61. The van der Waals surface area contributed by atoms with E-state index < -0.39 is 0 Å². The third kappa shape index (κ3) is 2.37. The molecule has 4 nitrogen and oxygen atoms in total. The van der Waals surface area contributed by atoms with Gasteiger partial charge in [-0.3, -0.25) is 4.79 Å². The molecule has 1 atom stereocenters. The van der Waals surface area contributed by atoms with Crippen molar-refractivity contribution in [3.05, 3.63) is 41.2 Å². The van der Waals surface area contributed by atoms with Crippen molar-refractivity contribution in [2.75, 3.05) is 19.8 Å². The number of pyridine rings is 1. The summed E-state index contributed by atoms with van der Waals surface area (Å²) < 4.78 is 5.35. The molecular formula is C15H15ClN2O2. The summed E-state index contributed by atoms with van der Waals surface area (Å²) >= 11 is 6.18. The minimum Gasteiger partial charge on any atom is -0.377 e. The number of aromatic nitrogens is 1. The Morgan fingerprint density at radius 3 is 3.05 bits per heavy atom. The summed E-state index contributed by atoms with van der Waals surface area (Å²) in [5, 5.41) is 2.16. The van der Waals surface area contributed by atoms with Gasteiger partial charge in [0.1, 0.15) is 10.8 Å². The van der Waals surface area contributed by atoms with Gasteiger partial charge in [0.2, 0.25) is 0 Å². The monoisotopic (exact) mass is 290 g/mol. The van der Waals surface area contributed by atoms with E-state index in [1.807, 2.05) is 31.2 Å². The molecule has 1 amide bonds. The molecule has 3 rings (SSSR count). The van der Waals surface area contributed by atoms with Crippen molar-refractivity contribution in [2.24, 2.45) is 0 Å². The molecule has 0 N–H and O–H groups in total. The van der Waals surface area contributed by atoms with E-state index in [-0.39, 0.29) is 11.9 Å². The number of carbonyl (C=O) groups excluding carboxylic acids is 1. The van der Waals surface area contributed by atoms with Crippen molar-refractivity contribution in [1.29, 1.82) is 0 Å². The summed E-state index contributed by atoms with van der Waals surface area (Å²) in [5.74, 6) is -0.0894. The van der Waals surface area contributed by atoms with Gasteiger partial charge in [-0.2, -0.15) is 0 Å². The van der Waals surface area contributed by atoms with Crippen LogP contribution in [0, 0.1) is 0 Å². The Bertz CT molecular complexity index is 659. The summed E-state index contributed by atoms with van der Waals surface area (Å²) in [5.41, 5.74) is 0.391. The zero-order valence-electron chi connectivity index (χ0n) is 11.2. The minimum atomic E-state index is -0.0894. The van der Waals surface area contributed by atoms with E-state index in [9.17, 15) is 4.79 Å². The van der Waals surface area contributed by atoms with E-state index >= 15 is 0 Å². The molecule has 0 bridgehead atoms. The first-order valence-corrected chi connectivity index (χ1v) is 6.98. The normalized spacial score (nSPS) is 19.3. The van der Waals surface area contributed by atoms with Crippen LogP contribution in [0.2, 0.25) is 5.15 Å². The molecule has 1 aliphatic heterocycles. The summed E-state index contributed by atoms with van der Waals surface area (Å²) in [6.45, 7) is 3.69. The van der Waals surface area contributed by atoms with Gasteiger partial charge >= 0.3 is 0 Å². The van der Waals surface area contributed by atoms with Crippen LogP contribution in [0.15, 0.2) is 30.3 Å². The second-order valence-electron chi connectivity index (χ2n) is 4.94. The van der Waals surface area contributed by atoms with Gasteiger partial charge < -0.3 is 9.64 Å². The number of nitrogens with zero attached hydrogens (tertiary/aromatic N) is 2. The maximum atomic E-state index is 12.6. The van der Waals surface area contributed by atoms with Crippen LogP contribution in [0.3, 0.4) is 0 Å². The summed E-state index contributed by atoms with van der Waals surface area (Å²) in [6, 6.07) is 9.51. The quantitative estimate of drug-likeness (QED) is 0.759. The van der Waals surface area contributed by atoms with Gasteiger partial charge in [-0.15, -0.1) is 0 Å². The first-order chi connectivity index (χ1) is 9.66. The fourth-order valence-corrected chi connectivity index (χ4v) is 2.70. The molecule has 104 valence electrons. The van der Waals surface area contributed by atoms with Crippen LogP contribution in [-0.4, -0.2) is 41.6 Å². The second kappa shape index (κ2) is 5.38. The molecule has 1 aliphatic rings. The Morgan fingerprint density at radius 2 is 2.25 bits per heavy atom. The Labute approximate surface area is 122 Å². The molecule has 0 spiro atoms. The fraction of sp³-hybridized carbons (Fsp3) is 0.333. The van der Waals surface area contributed by atoms with Crippen molar-refractivity contribution < 1.29 is 9.53 Å². The van der Waals surface area contributed by atoms with E-state index in [2.05, 4.69) is 4.98 Å². The number of morpholine rings is 1. The Kier molecular flexibility index (Phi) is 3.59. The molecule has 1 aromatic heterocycles.